The van der Waals surface area contributed by atoms with E-state index in [1.54, 1.807) is 30.5 Å². The molecule has 6 heteroatoms. The normalized spacial score (nSPS) is 15.0. The highest BCUT2D eigenvalue weighted by molar-refractivity contribution is 7.81. The Hall–Kier alpha value is -1.85. The van der Waals surface area contributed by atoms with Crippen LogP contribution in [0.15, 0.2) is 34.9 Å². The van der Waals surface area contributed by atoms with Crippen molar-refractivity contribution in [3.63, 3.8) is 0 Å². The molecule has 1 saturated carbocycles. The van der Waals surface area contributed by atoms with Gasteiger partial charge in [-0.15, -0.1) is 0 Å². The third kappa shape index (κ3) is 4.41. The molecule has 132 valence electrons. The van der Waals surface area contributed by atoms with E-state index >= 15 is 0 Å². The van der Waals surface area contributed by atoms with E-state index in [0.29, 0.717) is 21.3 Å². The third-order valence-corrected chi connectivity index (χ3v) is 5.03. The molecule has 1 aromatic carbocycles. The van der Waals surface area contributed by atoms with Crippen LogP contribution in [0.5, 0.6) is 0 Å². The van der Waals surface area contributed by atoms with Gasteiger partial charge in [-0.25, -0.2) is 4.79 Å². The Kier molecular flexibility index (Phi) is 5.76. The minimum Gasteiger partial charge on any atom is -0.469 e. The molecule has 1 fully saturated rings. The van der Waals surface area contributed by atoms with Crippen molar-refractivity contribution in [2.45, 2.75) is 45.1 Å². The minimum absolute atomic E-state index is 0.0106. The van der Waals surface area contributed by atoms with Gasteiger partial charge in [-0.3, -0.25) is 0 Å². The van der Waals surface area contributed by atoms with Crippen molar-refractivity contribution in [3.05, 3.63) is 52.4 Å². The van der Waals surface area contributed by atoms with Crippen LogP contribution < -0.4 is 5.32 Å². The summed E-state index contributed by atoms with van der Waals surface area (Å²) >= 11 is 11.6. The first-order valence-electron chi connectivity index (χ1n) is 8.40. The summed E-state index contributed by atoms with van der Waals surface area (Å²) in [6.07, 6.45) is 6.84. The maximum Gasteiger partial charge on any atom is 0.340 e. The Labute approximate surface area is 157 Å². The van der Waals surface area contributed by atoms with E-state index in [4.69, 9.17) is 33.0 Å². The average molecular weight is 378 g/mol. The minimum atomic E-state index is -0.383. The molecule has 3 rings (SSSR count). The number of benzene rings is 1. The number of ether oxygens (including phenoxy) is 1. The number of carbonyl (C=O) groups is 1. The molecule has 1 aliphatic rings. The molecule has 0 spiro atoms. The summed E-state index contributed by atoms with van der Waals surface area (Å²) in [6.45, 7) is 1.85. The van der Waals surface area contributed by atoms with Crippen LogP contribution >= 0.6 is 23.8 Å². The Morgan fingerprint density at radius 3 is 2.68 bits per heavy atom. The molecule has 1 heterocycles. The highest BCUT2D eigenvalue weighted by Gasteiger charge is 2.21. The van der Waals surface area contributed by atoms with Crippen LogP contribution in [-0.4, -0.2) is 17.1 Å². The van der Waals surface area contributed by atoms with E-state index in [9.17, 15) is 4.79 Å². The summed E-state index contributed by atoms with van der Waals surface area (Å²) in [4.78, 5) is 13.0. The first-order valence-corrected chi connectivity index (χ1v) is 9.19. The molecule has 25 heavy (non-hydrogen) atoms. The lowest BCUT2D eigenvalue weighted by atomic mass is 9.98. The maximum atomic E-state index is 12.5. The fraction of sp³-hybridized carbons (Fsp3) is 0.368. The zero-order valence-corrected chi connectivity index (χ0v) is 15.6. The Balaban J connectivity index is 1.72. The fourth-order valence-corrected chi connectivity index (χ4v) is 3.50. The molecule has 1 aliphatic carbocycles. The predicted molar refractivity (Wildman–Crippen MR) is 103 cm³/mol. The molecule has 0 unspecified atom stereocenters. The highest BCUT2D eigenvalue weighted by atomic mass is 35.5. The van der Waals surface area contributed by atoms with Crippen molar-refractivity contribution in [1.29, 1.82) is 0 Å². The molecule has 1 N–H and O–H groups in total. The monoisotopic (exact) mass is 377 g/mol. The lowest BCUT2D eigenvalue weighted by Gasteiger charge is -2.22. The Morgan fingerprint density at radius 1 is 1.24 bits per heavy atom. The van der Waals surface area contributed by atoms with Crippen molar-refractivity contribution in [2.24, 2.45) is 0 Å². The van der Waals surface area contributed by atoms with Gasteiger partial charge < -0.3 is 14.5 Å². The topological polar surface area (TPSA) is 51.5 Å². The van der Waals surface area contributed by atoms with Gasteiger partial charge in [0.15, 0.2) is 0 Å². The lowest BCUT2D eigenvalue weighted by molar-refractivity contribution is 0.0211. The number of thiocarbonyl (C=S) groups is 1. The Bertz CT molecular complexity index is 781. The van der Waals surface area contributed by atoms with Crippen LogP contribution in [0.4, 0.5) is 5.69 Å². The first-order chi connectivity index (χ1) is 12.0. The summed E-state index contributed by atoms with van der Waals surface area (Å²) in [6, 6.07) is 6.93. The van der Waals surface area contributed by atoms with Crippen molar-refractivity contribution in [2.75, 3.05) is 5.32 Å². The number of rotatable bonds is 4. The number of esters is 1. The van der Waals surface area contributed by atoms with Crippen LogP contribution in [0.3, 0.4) is 0 Å². The highest BCUT2D eigenvalue weighted by Crippen LogP contribution is 2.26. The molecule has 1 aromatic heterocycles. The molecule has 4 nitrogen and oxygen atoms in total. The fourth-order valence-electron chi connectivity index (χ4n) is 2.98. The van der Waals surface area contributed by atoms with Gasteiger partial charge >= 0.3 is 5.97 Å². The van der Waals surface area contributed by atoms with Crippen molar-refractivity contribution < 1.29 is 13.9 Å². The van der Waals surface area contributed by atoms with E-state index in [0.717, 1.165) is 37.0 Å². The zero-order valence-electron chi connectivity index (χ0n) is 14.0. The summed E-state index contributed by atoms with van der Waals surface area (Å²) in [5.74, 6) is 0.356. The number of furan rings is 1. The molecule has 0 aliphatic heterocycles. The molecule has 0 radical (unpaired) electrons. The quantitative estimate of drug-likeness (QED) is 0.561. The summed E-state index contributed by atoms with van der Waals surface area (Å²) in [7, 11) is 0. The third-order valence-electron chi connectivity index (χ3n) is 4.37. The van der Waals surface area contributed by atoms with Crippen LogP contribution in [0, 0.1) is 6.92 Å². The molecule has 0 saturated heterocycles. The van der Waals surface area contributed by atoms with Crippen molar-refractivity contribution >= 4 is 40.5 Å². The van der Waals surface area contributed by atoms with Gasteiger partial charge in [0.05, 0.1) is 22.4 Å². The predicted octanol–water partition coefficient (Wildman–Crippen LogP) is 5.52. The zero-order chi connectivity index (χ0) is 17.8. The molecule has 2 aromatic rings. The van der Waals surface area contributed by atoms with Gasteiger partial charge in [0, 0.05) is 5.69 Å². The van der Waals surface area contributed by atoms with E-state index in [1.165, 1.54) is 6.42 Å². The number of halogens is 1. The van der Waals surface area contributed by atoms with Gasteiger partial charge in [-0.1, -0.05) is 30.2 Å². The van der Waals surface area contributed by atoms with Crippen LogP contribution in [0.2, 0.25) is 5.02 Å². The SMILES string of the molecule is Cc1occc1C(=S)Nc1ccc(Cl)c(C(=O)OC2CCCCC2)c1. The summed E-state index contributed by atoms with van der Waals surface area (Å²) < 4.78 is 10.9. The van der Waals surface area contributed by atoms with Gasteiger partial charge in [0.25, 0.3) is 0 Å². The number of nitrogens with one attached hydrogen (secondary N) is 1. The Morgan fingerprint density at radius 2 is 2.00 bits per heavy atom. The van der Waals surface area contributed by atoms with E-state index in [-0.39, 0.29) is 12.1 Å². The van der Waals surface area contributed by atoms with Crippen LogP contribution in [0.25, 0.3) is 0 Å². The van der Waals surface area contributed by atoms with E-state index < -0.39 is 0 Å². The van der Waals surface area contributed by atoms with Crippen molar-refractivity contribution in [1.82, 2.24) is 0 Å². The number of hydrogen-bond donors (Lipinski definition) is 1. The number of aryl methyl sites for hydroxylation is 1. The van der Waals surface area contributed by atoms with Crippen molar-refractivity contribution in [3.8, 4) is 0 Å². The molecule has 0 atom stereocenters. The van der Waals surface area contributed by atoms with Crippen LogP contribution in [0.1, 0.15) is 53.8 Å². The average Bonchev–Trinajstić information content (AvgIpc) is 3.03. The smallest absolute Gasteiger partial charge is 0.340 e. The molecule has 0 bridgehead atoms. The standard InChI is InChI=1S/C19H20ClNO3S/c1-12-15(9-10-23-12)18(25)21-13-7-8-17(20)16(11-13)19(22)24-14-5-3-2-4-6-14/h7-11,14H,2-6H2,1H3,(H,21,25). The summed E-state index contributed by atoms with van der Waals surface area (Å²) in [5, 5.41) is 3.49. The van der Waals surface area contributed by atoms with Gasteiger partial charge in [0.1, 0.15) is 16.9 Å². The number of carbonyl (C=O) groups excluding carboxylic acids is 1. The number of hydrogen-bond acceptors (Lipinski definition) is 4. The summed E-state index contributed by atoms with van der Waals surface area (Å²) in [5.41, 5.74) is 1.85. The van der Waals surface area contributed by atoms with Gasteiger partial charge in [0.2, 0.25) is 0 Å². The second-order valence-electron chi connectivity index (χ2n) is 6.20. The molecular formula is C19H20ClNO3S. The van der Waals surface area contributed by atoms with Gasteiger partial charge in [-0.05, 0) is 56.9 Å². The molecular weight excluding hydrogens is 358 g/mol. The van der Waals surface area contributed by atoms with E-state index in [2.05, 4.69) is 5.32 Å². The number of anilines is 1. The lowest BCUT2D eigenvalue weighted by Crippen LogP contribution is -2.21. The largest absolute Gasteiger partial charge is 0.469 e. The van der Waals surface area contributed by atoms with Gasteiger partial charge in [-0.2, -0.15) is 0 Å². The second-order valence-corrected chi connectivity index (χ2v) is 7.02. The first kappa shape index (κ1) is 18.0. The second kappa shape index (κ2) is 8.02. The maximum absolute atomic E-state index is 12.5. The molecule has 0 amide bonds. The van der Waals surface area contributed by atoms with E-state index in [1.807, 2.05) is 6.92 Å². The van der Waals surface area contributed by atoms with Crippen LogP contribution in [-0.2, 0) is 4.74 Å².